The Bertz CT molecular complexity index is 504. The van der Waals surface area contributed by atoms with Gasteiger partial charge in [0.1, 0.15) is 0 Å². The van der Waals surface area contributed by atoms with Crippen LogP contribution in [0.15, 0.2) is 10.9 Å². The predicted octanol–water partition coefficient (Wildman–Crippen LogP) is 0.379. The van der Waals surface area contributed by atoms with Crippen molar-refractivity contribution < 1.29 is 4.74 Å². The molecule has 1 aliphatic heterocycles. The van der Waals surface area contributed by atoms with E-state index in [9.17, 15) is 4.79 Å². The number of aromatic nitrogens is 2. The highest BCUT2D eigenvalue weighted by molar-refractivity contribution is 5.30. The summed E-state index contributed by atoms with van der Waals surface area (Å²) in [7, 11) is 0. The quantitative estimate of drug-likeness (QED) is 0.843. The van der Waals surface area contributed by atoms with Crippen molar-refractivity contribution in [2.24, 2.45) is 0 Å². The Morgan fingerprint density at radius 3 is 2.75 bits per heavy atom. The Balaban J connectivity index is 1.48. The maximum Gasteiger partial charge on any atom is 0.252 e. The molecule has 0 spiro atoms. The minimum absolute atomic E-state index is 0.0761. The number of aryl methyl sites for hydroxylation is 1. The maximum absolute atomic E-state index is 11.5. The molecule has 1 saturated heterocycles. The summed E-state index contributed by atoms with van der Waals surface area (Å²) in [5.41, 5.74) is 0.691. The van der Waals surface area contributed by atoms with E-state index >= 15 is 0 Å². The van der Waals surface area contributed by atoms with Crippen LogP contribution in [0.5, 0.6) is 0 Å². The first kappa shape index (κ1) is 13.6. The van der Waals surface area contributed by atoms with Crippen molar-refractivity contribution in [1.82, 2.24) is 14.9 Å². The molecule has 0 radical (unpaired) electrons. The van der Waals surface area contributed by atoms with Crippen LogP contribution in [-0.4, -0.2) is 60.3 Å². The smallest absolute Gasteiger partial charge is 0.252 e. The largest absolute Gasteiger partial charge is 0.377 e. The molecule has 2 heterocycles. The van der Waals surface area contributed by atoms with E-state index in [0.29, 0.717) is 12.1 Å². The first-order valence-electron chi connectivity index (χ1n) is 7.37. The monoisotopic (exact) mass is 278 g/mol. The van der Waals surface area contributed by atoms with E-state index in [1.807, 2.05) is 6.92 Å². The molecule has 0 amide bonds. The summed E-state index contributed by atoms with van der Waals surface area (Å²) in [6, 6.07) is 1.52. The molecule has 0 aromatic carbocycles. The molecule has 2 aliphatic rings. The van der Waals surface area contributed by atoms with Gasteiger partial charge < -0.3 is 9.64 Å². The van der Waals surface area contributed by atoms with Crippen molar-refractivity contribution in [3.05, 3.63) is 22.1 Å². The molecule has 20 heavy (non-hydrogen) atoms. The van der Waals surface area contributed by atoms with Gasteiger partial charge in [-0.3, -0.25) is 14.7 Å². The van der Waals surface area contributed by atoms with Gasteiger partial charge in [0.2, 0.25) is 5.95 Å². The highest BCUT2D eigenvalue weighted by atomic mass is 16.5. The molecule has 0 atom stereocenters. The SMILES string of the molecule is Cc1cc(=O)[nH]c(N2CCN(CCOC3CC3)CC2)n1. The number of rotatable bonds is 5. The van der Waals surface area contributed by atoms with Crippen LogP contribution in [0.3, 0.4) is 0 Å². The Morgan fingerprint density at radius 1 is 1.35 bits per heavy atom. The Morgan fingerprint density at radius 2 is 2.10 bits per heavy atom. The van der Waals surface area contributed by atoms with Gasteiger partial charge in [0, 0.05) is 44.5 Å². The Kier molecular flexibility index (Phi) is 4.03. The van der Waals surface area contributed by atoms with Crippen molar-refractivity contribution in [2.75, 3.05) is 44.2 Å². The number of nitrogens with one attached hydrogen (secondary N) is 1. The standard InChI is InChI=1S/C14H22N4O2/c1-11-10-13(19)16-14(15-11)18-6-4-17(5-7-18)8-9-20-12-2-3-12/h10,12H,2-9H2,1H3,(H,15,16,19). The minimum Gasteiger partial charge on any atom is -0.377 e. The van der Waals surface area contributed by atoms with Gasteiger partial charge in [-0.25, -0.2) is 4.98 Å². The molecule has 1 aliphatic carbocycles. The molecule has 6 nitrogen and oxygen atoms in total. The zero-order chi connectivity index (χ0) is 13.9. The first-order valence-corrected chi connectivity index (χ1v) is 7.37. The van der Waals surface area contributed by atoms with Gasteiger partial charge in [0.25, 0.3) is 5.56 Å². The average Bonchev–Trinajstić information content (AvgIpc) is 3.22. The lowest BCUT2D eigenvalue weighted by atomic mass is 10.3. The van der Waals surface area contributed by atoms with E-state index in [1.165, 1.54) is 18.9 Å². The van der Waals surface area contributed by atoms with Crippen LogP contribution in [0.25, 0.3) is 0 Å². The number of hydrogen-bond donors (Lipinski definition) is 1. The molecule has 1 aromatic heterocycles. The third kappa shape index (κ3) is 3.58. The predicted molar refractivity (Wildman–Crippen MR) is 77.2 cm³/mol. The number of anilines is 1. The lowest BCUT2D eigenvalue weighted by molar-refractivity contribution is 0.0898. The van der Waals surface area contributed by atoms with Gasteiger partial charge in [-0.1, -0.05) is 0 Å². The summed E-state index contributed by atoms with van der Waals surface area (Å²) < 4.78 is 5.68. The highest BCUT2D eigenvalue weighted by Gasteiger charge is 2.23. The second-order valence-electron chi connectivity index (χ2n) is 5.61. The van der Waals surface area contributed by atoms with Crippen LogP contribution in [0.4, 0.5) is 5.95 Å². The zero-order valence-electron chi connectivity index (χ0n) is 12.0. The van der Waals surface area contributed by atoms with Gasteiger partial charge in [-0.2, -0.15) is 0 Å². The van der Waals surface area contributed by atoms with Crippen LogP contribution in [-0.2, 0) is 4.74 Å². The van der Waals surface area contributed by atoms with Gasteiger partial charge >= 0.3 is 0 Å². The molecule has 1 aromatic rings. The summed E-state index contributed by atoms with van der Waals surface area (Å²) >= 11 is 0. The molecular formula is C14H22N4O2. The first-order chi connectivity index (χ1) is 9.70. The molecular weight excluding hydrogens is 256 g/mol. The Hall–Kier alpha value is -1.40. The van der Waals surface area contributed by atoms with Crippen molar-refractivity contribution >= 4 is 5.95 Å². The van der Waals surface area contributed by atoms with Crippen LogP contribution >= 0.6 is 0 Å². The fourth-order valence-electron chi connectivity index (χ4n) is 2.48. The molecule has 1 saturated carbocycles. The fraction of sp³-hybridized carbons (Fsp3) is 0.714. The van der Waals surface area contributed by atoms with Crippen molar-refractivity contribution in [2.45, 2.75) is 25.9 Å². The van der Waals surface area contributed by atoms with E-state index in [1.54, 1.807) is 0 Å². The molecule has 110 valence electrons. The number of H-pyrrole nitrogens is 1. The highest BCUT2D eigenvalue weighted by Crippen LogP contribution is 2.23. The summed E-state index contributed by atoms with van der Waals surface area (Å²) in [6.07, 6.45) is 3.01. The van der Waals surface area contributed by atoms with Crippen LogP contribution in [0.1, 0.15) is 18.5 Å². The average molecular weight is 278 g/mol. The number of aromatic amines is 1. The minimum atomic E-state index is -0.0761. The fourth-order valence-corrected chi connectivity index (χ4v) is 2.48. The van der Waals surface area contributed by atoms with Gasteiger partial charge in [0.15, 0.2) is 0 Å². The Labute approximate surface area is 118 Å². The van der Waals surface area contributed by atoms with Gasteiger partial charge in [-0.05, 0) is 19.8 Å². The third-order valence-electron chi connectivity index (χ3n) is 3.81. The van der Waals surface area contributed by atoms with Gasteiger partial charge in [-0.15, -0.1) is 0 Å². The van der Waals surface area contributed by atoms with E-state index in [2.05, 4.69) is 19.8 Å². The summed E-state index contributed by atoms with van der Waals surface area (Å²) in [4.78, 5) is 23.3. The van der Waals surface area contributed by atoms with E-state index < -0.39 is 0 Å². The normalized spacial score (nSPS) is 20.4. The lowest BCUT2D eigenvalue weighted by Crippen LogP contribution is -2.48. The topological polar surface area (TPSA) is 61.5 Å². The number of ether oxygens (including phenoxy) is 1. The number of nitrogens with zero attached hydrogens (tertiary/aromatic N) is 3. The molecule has 1 N–H and O–H groups in total. The molecule has 2 fully saturated rings. The molecule has 0 bridgehead atoms. The summed E-state index contributed by atoms with van der Waals surface area (Å²) in [5, 5.41) is 0. The summed E-state index contributed by atoms with van der Waals surface area (Å²) in [6.45, 7) is 7.47. The van der Waals surface area contributed by atoms with Crippen LogP contribution in [0.2, 0.25) is 0 Å². The second-order valence-corrected chi connectivity index (χ2v) is 5.61. The lowest BCUT2D eigenvalue weighted by Gasteiger charge is -2.34. The number of piperazine rings is 1. The third-order valence-corrected chi connectivity index (χ3v) is 3.81. The van der Waals surface area contributed by atoms with Crippen LogP contribution in [0, 0.1) is 6.92 Å². The van der Waals surface area contributed by atoms with E-state index in [-0.39, 0.29) is 5.56 Å². The maximum atomic E-state index is 11.5. The van der Waals surface area contributed by atoms with Crippen molar-refractivity contribution in [1.29, 1.82) is 0 Å². The molecule has 6 heteroatoms. The summed E-state index contributed by atoms with van der Waals surface area (Å²) in [5.74, 6) is 0.698. The van der Waals surface area contributed by atoms with Crippen LogP contribution < -0.4 is 10.5 Å². The second kappa shape index (κ2) is 5.93. The van der Waals surface area contributed by atoms with E-state index in [0.717, 1.165) is 45.0 Å². The molecule has 3 rings (SSSR count). The number of hydrogen-bond acceptors (Lipinski definition) is 5. The van der Waals surface area contributed by atoms with Crippen molar-refractivity contribution in [3.8, 4) is 0 Å². The van der Waals surface area contributed by atoms with Crippen molar-refractivity contribution in [3.63, 3.8) is 0 Å². The zero-order valence-corrected chi connectivity index (χ0v) is 12.0. The molecule has 0 unspecified atom stereocenters. The van der Waals surface area contributed by atoms with Gasteiger partial charge in [0.05, 0.1) is 12.7 Å². The van der Waals surface area contributed by atoms with E-state index in [4.69, 9.17) is 4.74 Å².